The maximum absolute atomic E-state index is 4.79. The van der Waals surface area contributed by atoms with E-state index in [9.17, 15) is 0 Å². The summed E-state index contributed by atoms with van der Waals surface area (Å²) in [6, 6.07) is 40.4. The number of rotatable bonds is 3. The van der Waals surface area contributed by atoms with Crippen molar-refractivity contribution in [3.05, 3.63) is 140 Å². The van der Waals surface area contributed by atoms with Crippen LogP contribution in [0.2, 0.25) is 0 Å². The van der Waals surface area contributed by atoms with Crippen LogP contribution in [0.25, 0.3) is 82.6 Å². The SMILES string of the molecule is c1ccc(-c2ccc(-c3ccc4c(c3)c3c5ccccc5ccc3n4-c3cc4cccnc4c4ncccc34)cn2)nc1. The fraction of sp³-hybridized carbons (Fsp3) is 0. The lowest BCUT2D eigenvalue weighted by atomic mass is 10.0. The molecular formula is C38H23N5. The highest BCUT2D eigenvalue weighted by atomic mass is 15.0. The second kappa shape index (κ2) is 9.29. The van der Waals surface area contributed by atoms with Crippen molar-refractivity contribution in [1.82, 2.24) is 24.5 Å². The summed E-state index contributed by atoms with van der Waals surface area (Å²) in [6.45, 7) is 0. The Morgan fingerprint density at radius 2 is 1.19 bits per heavy atom. The molecule has 0 fully saturated rings. The first-order valence-electron chi connectivity index (χ1n) is 14.3. The fourth-order valence-electron chi connectivity index (χ4n) is 6.40. The van der Waals surface area contributed by atoms with Crippen LogP contribution in [-0.4, -0.2) is 24.5 Å². The van der Waals surface area contributed by atoms with E-state index in [1.54, 1.807) is 6.20 Å². The Morgan fingerprint density at radius 3 is 2.07 bits per heavy atom. The maximum Gasteiger partial charge on any atom is 0.0985 e. The summed E-state index contributed by atoms with van der Waals surface area (Å²) in [5.74, 6) is 0. The maximum atomic E-state index is 4.79. The average Bonchev–Trinajstić information content (AvgIpc) is 3.42. The quantitative estimate of drug-likeness (QED) is 0.206. The van der Waals surface area contributed by atoms with Crippen molar-refractivity contribution in [1.29, 1.82) is 0 Å². The van der Waals surface area contributed by atoms with Gasteiger partial charge in [-0.15, -0.1) is 0 Å². The van der Waals surface area contributed by atoms with Crippen LogP contribution in [0.5, 0.6) is 0 Å². The molecular weight excluding hydrogens is 526 g/mol. The lowest BCUT2D eigenvalue weighted by Crippen LogP contribution is -1.97. The fourth-order valence-corrected chi connectivity index (χ4v) is 6.40. The van der Waals surface area contributed by atoms with E-state index >= 15 is 0 Å². The van der Waals surface area contributed by atoms with E-state index in [1.165, 1.54) is 21.5 Å². The molecule has 0 aliphatic rings. The van der Waals surface area contributed by atoms with Gasteiger partial charge >= 0.3 is 0 Å². The van der Waals surface area contributed by atoms with Crippen LogP contribution in [0.3, 0.4) is 0 Å². The molecule has 4 aromatic carbocycles. The second-order valence-corrected chi connectivity index (χ2v) is 10.8. The van der Waals surface area contributed by atoms with Gasteiger partial charge in [-0.05, 0) is 77.0 Å². The summed E-state index contributed by atoms with van der Waals surface area (Å²) in [4.78, 5) is 18.7. The van der Waals surface area contributed by atoms with Crippen LogP contribution < -0.4 is 0 Å². The molecule has 5 heteroatoms. The highest BCUT2D eigenvalue weighted by Gasteiger charge is 2.19. The molecule has 0 unspecified atom stereocenters. The third-order valence-corrected chi connectivity index (χ3v) is 8.36. The van der Waals surface area contributed by atoms with E-state index in [4.69, 9.17) is 9.97 Å². The molecule has 0 aliphatic heterocycles. The van der Waals surface area contributed by atoms with Gasteiger partial charge in [-0.1, -0.05) is 54.6 Å². The van der Waals surface area contributed by atoms with Gasteiger partial charge in [0.2, 0.25) is 0 Å². The largest absolute Gasteiger partial charge is 0.309 e. The zero-order chi connectivity index (χ0) is 28.3. The Morgan fingerprint density at radius 1 is 0.442 bits per heavy atom. The van der Waals surface area contributed by atoms with Crippen molar-refractivity contribution in [3.8, 4) is 28.2 Å². The molecule has 0 N–H and O–H groups in total. The zero-order valence-electron chi connectivity index (χ0n) is 23.0. The summed E-state index contributed by atoms with van der Waals surface area (Å²) >= 11 is 0. The molecule has 0 amide bonds. The highest BCUT2D eigenvalue weighted by Crippen LogP contribution is 2.41. The minimum Gasteiger partial charge on any atom is -0.309 e. The smallest absolute Gasteiger partial charge is 0.0985 e. The van der Waals surface area contributed by atoms with Gasteiger partial charge in [0.15, 0.2) is 0 Å². The molecule has 5 nitrogen and oxygen atoms in total. The predicted octanol–water partition coefficient (Wildman–Crippen LogP) is 9.16. The summed E-state index contributed by atoms with van der Waals surface area (Å²) < 4.78 is 2.39. The Labute approximate surface area is 246 Å². The summed E-state index contributed by atoms with van der Waals surface area (Å²) in [6.07, 6.45) is 7.42. The first-order valence-corrected chi connectivity index (χ1v) is 14.3. The standard InChI is InChI=1S/C38H23N5/c1-2-9-28-24(7-1)13-17-34-36(28)30-21-25(27-12-15-32(42-23-27)31-11-3-4-18-39-31)14-16-33(30)43(34)35-22-26-8-5-19-40-37(26)38-29(35)10-6-20-41-38/h1-23H. The van der Waals surface area contributed by atoms with Crippen LogP contribution in [0.15, 0.2) is 140 Å². The van der Waals surface area contributed by atoms with Gasteiger partial charge in [0.1, 0.15) is 0 Å². The molecule has 5 heterocycles. The molecule has 9 aromatic rings. The van der Waals surface area contributed by atoms with E-state index in [1.807, 2.05) is 55.0 Å². The van der Waals surface area contributed by atoms with E-state index in [-0.39, 0.29) is 0 Å². The van der Waals surface area contributed by atoms with Gasteiger partial charge in [0.25, 0.3) is 0 Å². The number of hydrogen-bond donors (Lipinski definition) is 0. The zero-order valence-corrected chi connectivity index (χ0v) is 23.0. The number of aromatic nitrogens is 5. The van der Waals surface area contributed by atoms with Gasteiger partial charge in [0.05, 0.1) is 39.1 Å². The lowest BCUT2D eigenvalue weighted by molar-refractivity contribution is 1.20. The summed E-state index contributed by atoms with van der Waals surface area (Å²) in [5, 5.41) is 7.01. The Bertz CT molecular complexity index is 2500. The minimum atomic E-state index is 0.860. The van der Waals surface area contributed by atoms with Crippen molar-refractivity contribution in [2.75, 3.05) is 0 Å². The van der Waals surface area contributed by atoms with E-state index < -0.39 is 0 Å². The third kappa shape index (κ3) is 3.65. The summed E-state index contributed by atoms with van der Waals surface area (Å²) in [5.41, 5.74) is 9.12. The Balaban J connectivity index is 1.34. The average molecular weight is 550 g/mol. The number of nitrogens with zero attached hydrogens (tertiary/aromatic N) is 5. The Hall–Kier alpha value is -5.94. The molecule has 0 saturated heterocycles. The predicted molar refractivity (Wildman–Crippen MR) is 175 cm³/mol. The number of hydrogen-bond acceptors (Lipinski definition) is 4. The topological polar surface area (TPSA) is 56.5 Å². The molecule has 43 heavy (non-hydrogen) atoms. The Kier molecular flexibility index (Phi) is 5.13. The molecule has 0 atom stereocenters. The van der Waals surface area contributed by atoms with E-state index in [0.717, 1.165) is 61.0 Å². The molecule has 0 spiro atoms. The lowest BCUT2D eigenvalue weighted by Gasteiger charge is -2.13. The highest BCUT2D eigenvalue weighted by molar-refractivity contribution is 6.22. The van der Waals surface area contributed by atoms with Gasteiger partial charge in [-0.2, -0.15) is 0 Å². The van der Waals surface area contributed by atoms with Crippen LogP contribution in [0.4, 0.5) is 0 Å². The van der Waals surface area contributed by atoms with Crippen LogP contribution in [0, 0.1) is 0 Å². The monoisotopic (exact) mass is 549 g/mol. The molecule has 0 saturated carbocycles. The van der Waals surface area contributed by atoms with Gasteiger partial charge in [-0.3, -0.25) is 19.9 Å². The van der Waals surface area contributed by atoms with Crippen LogP contribution in [-0.2, 0) is 0 Å². The van der Waals surface area contributed by atoms with E-state index in [0.29, 0.717) is 0 Å². The molecule has 0 aliphatic carbocycles. The number of fused-ring (bicyclic) bond motifs is 8. The first-order chi connectivity index (χ1) is 21.3. The van der Waals surface area contributed by atoms with Crippen molar-refractivity contribution in [3.63, 3.8) is 0 Å². The number of benzene rings is 4. The van der Waals surface area contributed by atoms with Gasteiger partial charge in [-0.25, -0.2) is 0 Å². The first kappa shape index (κ1) is 23.7. The molecule has 0 bridgehead atoms. The normalized spacial score (nSPS) is 11.7. The summed E-state index contributed by atoms with van der Waals surface area (Å²) in [7, 11) is 0. The molecule has 5 aromatic heterocycles. The molecule has 200 valence electrons. The molecule has 9 rings (SSSR count). The van der Waals surface area contributed by atoms with Crippen LogP contribution >= 0.6 is 0 Å². The van der Waals surface area contributed by atoms with Crippen molar-refractivity contribution in [2.45, 2.75) is 0 Å². The van der Waals surface area contributed by atoms with Crippen LogP contribution in [0.1, 0.15) is 0 Å². The van der Waals surface area contributed by atoms with Gasteiger partial charge in [0, 0.05) is 51.9 Å². The van der Waals surface area contributed by atoms with Crippen molar-refractivity contribution < 1.29 is 0 Å². The van der Waals surface area contributed by atoms with Gasteiger partial charge < -0.3 is 4.57 Å². The van der Waals surface area contributed by atoms with Crippen molar-refractivity contribution in [2.24, 2.45) is 0 Å². The molecule has 0 radical (unpaired) electrons. The third-order valence-electron chi connectivity index (χ3n) is 8.36. The minimum absolute atomic E-state index is 0.860. The second-order valence-electron chi connectivity index (χ2n) is 10.8. The van der Waals surface area contributed by atoms with E-state index in [2.05, 4.69) is 93.4 Å². The number of pyridine rings is 4. The van der Waals surface area contributed by atoms with Crippen molar-refractivity contribution >= 4 is 54.4 Å².